The molecule has 0 saturated heterocycles. The van der Waals surface area contributed by atoms with Gasteiger partial charge in [-0.25, -0.2) is 9.18 Å². The zero-order valence-corrected chi connectivity index (χ0v) is 11.8. The summed E-state index contributed by atoms with van der Waals surface area (Å²) in [6.45, 7) is 5.48. The average Bonchev–Trinajstić information content (AvgIpc) is 2.99. The first-order valence-electron chi connectivity index (χ1n) is 6.80. The van der Waals surface area contributed by atoms with Crippen LogP contribution in [-0.2, 0) is 11.3 Å². The molecule has 1 fully saturated rings. The number of halogens is 1. The Hall–Kier alpha value is -1.78. The minimum atomic E-state index is -0.564. The monoisotopic (exact) mass is 279 g/mol. The number of carbonyl (C=O) groups is 1. The van der Waals surface area contributed by atoms with Crippen molar-refractivity contribution in [2.24, 2.45) is 0 Å². The van der Waals surface area contributed by atoms with Crippen LogP contribution in [0.1, 0.15) is 44.2 Å². The van der Waals surface area contributed by atoms with E-state index in [2.05, 4.69) is 5.32 Å². The molecule has 1 aliphatic heterocycles. The van der Waals surface area contributed by atoms with E-state index in [4.69, 9.17) is 9.47 Å². The SMILES string of the molecule is CC(C)(C)OC(=O)NCc1c(F)ccc2c1[C@@H]1C[C@@H]1O2. The van der Waals surface area contributed by atoms with Crippen LogP contribution in [0.25, 0.3) is 0 Å². The van der Waals surface area contributed by atoms with Gasteiger partial charge in [0.05, 0.1) is 0 Å². The number of fused-ring (bicyclic) bond motifs is 3. The van der Waals surface area contributed by atoms with Gasteiger partial charge in [-0.1, -0.05) is 0 Å². The van der Waals surface area contributed by atoms with Gasteiger partial charge in [-0.15, -0.1) is 0 Å². The van der Waals surface area contributed by atoms with Crippen molar-refractivity contribution in [1.29, 1.82) is 0 Å². The highest BCUT2D eigenvalue weighted by molar-refractivity contribution is 5.68. The van der Waals surface area contributed by atoms with Gasteiger partial charge in [-0.2, -0.15) is 0 Å². The second kappa shape index (κ2) is 4.36. The summed E-state index contributed by atoms with van der Waals surface area (Å²) in [7, 11) is 0. The van der Waals surface area contributed by atoms with Crippen LogP contribution in [0.2, 0.25) is 0 Å². The number of alkyl carbamates (subject to hydrolysis) is 1. The molecule has 0 spiro atoms. The Kier molecular flexibility index (Phi) is 2.88. The van der Waals surface area contributed by atoms with Crippen molar-refractivity contribution in [1.82, 2.24) is 5.32 Å². The van der Waals surface area contributed by atoms with Gasteiger partial charge >= 0.3 is 6.09 Å². The molecule has 108 valence electrons. The highest BCUT2D eigenvalue weighted by Crippen LogP contribution is 2.55. The lowest BCUT2D eigenvalue weighted by atomic mass is 10.0. The molecule has 1 aromatic carbocycles. The summed E-state index contributed by atoms with van der Waals surface area (Å²) in [4.78, 5) is 11.6. The van der Waals surface area contributed by atoms with Crippen molar-refractivity contribution in [3.63, 3.8) is 0 Å². The first-order chi connectivity index (χ1) is 9.35. The molecule has 1 heterocycles. The highest BCUT2D eigenvalue weighted by Gasteiger charge is 2.49. The van der Waals surface area contributed by atoms with E-state index in [-0.39, 0.29) is 24.4 Å². The van der Waals surface area contributed by atoms with E-state index in [0.29, 0.717) is 5.56 Å². The molecule has 1 aromatic rings. The van der Waals surface area contributed by atoms with E-state index < -0.39 is 11.7 Å². The predicted octanol–water partition coefficient (Wildman–Crippen LogP) is 3.10. The Bertz CT molecular complexity index is 565. The van der Waals surface area contributed by atoms with Gasteiger partial charge in [0.15, 0.2) is 0 Å². The second-order valence-corrected chi connectivity index (χ2v) is 6.29. The van der Waals surface area contributed by atoms with Crippen LogP contribution in [-0.4, -0.2) is 17.8 Å². The van der Waals surface area contributed by atoms with E-state index in [1.165, 1.54) is 6.07 Å². The van der Waals surface area contributed by atoms with Crippen molar-refractivity contribution in [2.45, 2.75) is 51.4 Å². The minimum absolute atomic E-state index is 0.122. The fourth-order valence-corrected chi connectivity index (χ4v) is 2.55. The van der Waals surface area contributed by atoms with Crippen molar-refractivity contribution in [3.8, 4) is 5.75 Å². The van der Waals surface area contributed by atoms with Crippen LogP contribution in [0.4, 0.5) is 9.18 Å². The molecule has 2 atom stereocenters. The van der Waals surface area contributed by atoms with E-state index in [0.717, 1.165) is 17.7 Å². The maximum absolute atomic E-state index is 14.0. The molecule has 1 amide bonds. The van der Waals surface area contributed by atoms with Gasteiger partial charge in [-0.3, -0.25) is 0 Å². The van der Waals surface area contributed by atoms with Gasteiger partial charge in [0.2, 0.25) is 0 Å². The molecule has 0 bridgehead atoms. The number of nitrogens with one attached hydrogen (secondary N) is 1. The second-order valence-electron chi connectivity index (χ2n) is 6.29. The lowest BCUT2D eigenvalue weighted by molar-refractivity contribution is 0.0523. The molecule has 4 nitrogen and oxygen atoms in total. The van der Waals surface area contributed by atoms with Crippen LogP contribution in [0.3, 0.4) is 0 Å². The Morgan fingerprint density at radius 2 is 2.25 bits per heavy atom. The van der Waals surface area contributed by atoms with Gasteiger partial charge < -0.3 is 14.8 Å². The van der Waals surface area contributed by atoms with Crippen molar-refractivity contribution in [3.05, 3.63) is 29.1 Å². The normalized spacial score (nSPS) is 22.6. The Morgan fingerprint density at radius 1 is 1.50 bits per heavy atom. The Morgan fingerprint density at radius 3 is 2.95 bits per heavy atom. The summed E-state index contributed by atoms with van der Waals surface area (Å²) in [6, 6.07) is 3.05. The number of rotatable bonds is 2. The van der Waals surface area contributed by atoms with Crippen LogP contribution >= 0.6 is 0 Å². The highest BCUT2D eigenvalue weighted by atomic mass is 19.1. The Labute approximate surface area is 117 Å². The third-order valence-corrected chi connectivity index (χ3v) is 3.45. The van der Waals surface area contributed by atoms with Crippen LogP contribution in [0.5, 0.6) is 5.75 Å². The molecule has 1 N–H and O–H groups in total. The van der Waals surface area contributed by atoms with Gasteiger partial charge in [0, 0.05) is 23.6 Å². The topological polar surface area (TPSA) is 47.6 Å². The summed E-state index contributed by atoms with van der Waals surface area (Å²) < 4.78 is 24.8. The summed E-state index contributed by atoms with van der Waals surface area (Å²) in [5.74, 6) is 0.723. The molecule has 0 radical (unpaired) electrons. The molecule has 5 heteroatoms. The maximum Gasteiger partial charge on any atom is 0.407 e. The number of hydrogen-bond acceptors (Lipinski definition) is 3. The largest absolute Gasteiger partial charge is 0.489 e. The first-order valence-corrected chi connectivity index (χ1v) is 6.80. The van der Waals surface area contributed by atoms with Crippen molar-refractivity contribution in [2.75, 3.05) is 0 Å². The number of carbonyl (C=O) groups excluding carboxylic acids is 1. The zero-order valence-electron chi connectivity index (χ0n) is 11.8. The standard InChI is InChI=1S/C15H18FNO3/c1-15(2,3)20-14(18)17-7-9-10(16)4-5-11-13(9)8-6-12(8)19-11/h4-5,8,12H,6-7H2,1-3H3,(H,17,18)/t8-,12+/m1/s1. The fraction of sp³-hybridized carbons (Fsp3) is 0.533. The van der Waals surface area contributed by atoms with Crippen LogP contribution in [0.15, 0.2) is 12.1 Å². The summed E-state index contributed by atoms with van der Waals surface area (Å²) in [5, 5.41) is 2.61. The van der Waals surface area contributed by atoms with Crippen LogP contribution in [0, 0.1) is 5.82 Å². The molecular weight excluding hydrogens is 261 g/mol. The van der Waals surface area contributed by atoms with Crippen molar-refractivity contribution >= 4 is 6.09 Å². The predicted molar refractivity (Wildman–Crippen MR) is 71.2 cm³/mol. The van der Waals surface area contributed by atoms with Gasteiger partial charge in [0.1, 0.15) is 23.3 Å². The molecule has 20 heavy (non-hydrogen) atoms. The average molecular weight is 279 g/mol. The van der Waals surface area contributed by atoms with E-state index in [9.17, 15) is 9.18 Å². The molecule has 1 saturated carbocycles. The van der Waals surface area contributed by atoms with Gasteiger partial charge in [-0.05, 0) is 39.3 Å². The quantitative estimate of drug-likeness (QED) is 0.905. The van der Waals surface area contributed by atoms with Crippen molar-refractivity contribution < 1.29 is 18.7 Å². The maximum atomic E-state index is 14.0. The summed E-state index contributed by atoms with van der Waals surface area (Å²) in [5.41, 5.74) is 0.857. The fourth-order valence-electron chi connectivity index (χ4n) is 2.55. The van der Waals surface area contributed by atoms with E-state index >= 15 is 0 Å². The smallest absolute Gasteiger partial charge is 0.407 e. The lowest BCUT2D eigenvalue weighted by Crippen LogP contribution is -2.32. The lowest BCUT2D eigenvalue weighted by Gasteiger charge is -2.20. The number of hydrogen-bond donors (Lipinski definition) is 1. The number of ether oxygens (including phenoxy) is 2. The molecule has 3 rings (SSSR count). The molecule has 0 unspecified atom stereocenters. The molecule has 1 aliphatic carbocycles. The Balaban J connectivity index is 1.72. The van der Waals surface area contributed by atoms with Gasteiger partial charge in [0.25, 0.3) is 0 Å². The summed E-state index contributed by atoms with van der Waals surface area (Å²) >= 11 is 0. The van der Waals surface area contributed by atoms with E-state index in [1.807, 2.05) is 0 Å². The molecule has 2 aliphatic rings. The molecule has 0 aromatic heterocycles. The first kappa shape index (κ1) is 13.2. The third-order valence-electron chi connectivity index (χ3n) is 3.45. The summed E-state index contributed by atoms with van der Waals surface area (Å²) in [6.07, 6.45) is 0.600. The zero-order chi connectivity index (χ0) is 14.5. The van der Waals surface area contributed by atoms with E-state index in [1.54, 1.807) is 26.8 Å². The number of benzene rings is 1. The van der Waals surface area contributed by atoms with Crippen LogP contribution < -0.4 is 10.1 Å². The molecular formula is C15H18FNO3. The number of amides is 1. The minimum Gasteiger partial charge on any atom is -0.489 e. The third kappa shape index (κ3) is 2.44.